The Morgan fingerprint density at radius 1 is 1.07 bits per heavy atom. The van der Waals surface area contributed by atoms with E-state index in [1.807, 2.05) is 12.1 Å². The first-order valence-corrected chi connectivity index (χ1v) is 12.4. The van der Waals surface area contributed by atoms with Gasteiger partial charge in [0.1, 0.15) is 5.82 Å². The van der Waals surface area contributed by atoms with Gasteiger partial charge in [0, 0.05) is 28.6 Å². The molecule has 5 rings (SSSR count). The van der Waals surface area contributed by atoms with Gasteiger partial charge in [-0.05, 0) is 73.8 Å². The molecule has 3 heterocycles. The van der Waals surface area contributed by atoms with Gasteiger partial charge in [-0.2, -0.15) is 0 Å². The molecule has 2 aromatic rings. The largest absolute Gasteiger partial charge is 0.310 e. The molecule has 8 heteroatoms. The third-order valence-electron chi connectivity index (χ3n) is 6.42. The van der Waals surface area contributed by atoms with Crippen molar-refractivity contribution in [3.8, 4) is 0 Å². The van der Waals surface area contributed by atoms with Crippen LogP contribution in [-0.2, 0) is 14.6 Å². The number of rotatable bonds is 4. The summed E-state index contributed by atoms with van der Waals surface area (Å²) in [5, 5.41) is 5.64. The molecule has 2 saturated heterocycles. The molecule has 1 aromatic heterocycles. The first kappa shape index (κ1) is 19.3. The van der Waals surface area contributed by atoms with E-state index in [0.29, 0.717) is 23.2 Å². The molecule has 2 aliphatic heterocycles. The molecule has 1 saturated carbocycles. The van der Waals surface area contributed by atoms with E-state index in [4.69, 9.17) is 11.6 Å². The molecule has 1 aromatic carbocycles. The smallest absolute Gasteiger partial charge is 0.228 e. The summed E-state index contributed by atoms with van der Waals surface area (Å²) >= 11 is 6.59. The number of benzene rings is 1. The lowest BCUT2D eigenvalue weighted by atomic mass is 9.88. The number of aromatic nitrogens is 1. The van der Waals surface area contributed by atoms with Crippen molar-refractivity contribution in [3.63, 3.8) is 0 Å². The van der Waals surface area contributed by atoms with Crippen LogP contribution in [0, 0.1) is 5.92 Å². The van der Waals surface area contributed by atoms with E-state index >= 15 is 0 Å². The Labute approximate surface area is 175 Å². The van der Waals surface area contributed by atoms with Gasteiger partial charge in [0.05, 0.1) is 11.5 Å². The van der Waals surface area contributed by atoms with Crippen molar-refractivity contribution in [1.82, 2.24) is 9.88 Å². The van der Waals surface area contributed by atoms with Gasteiger partial charge in [0.15, 0.2) is 9.84 Å². The van der Waals surface area contributed by atoms with Crippen molar-refractivity contribution in [2.45, 2.75) is 37.6 Å². The van der Waals surface area contributed by atoms with E-state index in [-0.39, 0.29) is 17.9 Å². The van der Waals surface area contributed by atoms with E-state index in [9.17, 15) is 13.2 Å². The normalized spacial score (nSPS) is 23.1. The highest BCUT2D eigenvalue weighted by atomic mass is 35.5. The van der Waals surface area contributed by atoms with Crippen LogP contribution in [0.1, 0.15) is 37.2 Å². The fraction of sp³-hybridized carbons (Fsp3) is 0.524. The van der Waals surface area contributed by atoms with Crippen LogP contribution in [0.5, 0.6) is 0 Å². The van der Waals surface area contributed by atoms with E-state index < -0.39 is 9.84 Å². The standard InChI is InChI=1S/C21H24ClN3O3S/c22-19-8-16-10-23-20(24-21(26)14-1-2-14)9-15(16)7-18(19)13-3-5-25(6-4-13)17-11-29(27,28)12-17/h7-10,13-14,17H,1-6,11-12H2,(H,23,24,26). The summed E-state index contributed by atoms with van der Waals surface area (Å²) in [6, 6.07) is 6.19. The second-order valence-electron chi connectivity index (χ2n) is 8.59. The summed E-state index contributed by atoms with van der Waals surface area (Å²) in [7, 11) is -2.79. The highest BCUT2D eigenvalue weighted by Gasteiger charge is 2.39. The fourth-order valence-corrected chi connectivity index (χ4v) is 6.29. The molecule has 0 atom stereocenters. The van der Waals surface area contributed by atoms with Gasteiger partial charge < -0.3 is 5.32 Å². The van der Waals surface area contributed by atoms with Gasteiger partial charge in [-0.1, -0.05) is 11.6 Å². The SMILES string of the molecule is O=C(Nc1cc2cc(C3CCN(C4CS(=O)(=O)C4)CC3)c(Cl)cc2cn1)C1CC1. The molecule has 0 unspecified atom stereocenters. The number of pyridine rings is 1. The first-order valence-electron chi connectivity index (χ1n) is 10.2. The summed E-state index contributed by atoms with van der Waals surface area (Å²) in [5.74, 6) is 1.75. The first-order chi connectivity index (χ1) is 13.9. The highest BCUT2D eigenvalue weighted by molar-refractivity contribution is 7.92. The number of sulfone groups is 1. The molecule has 3 fully saturated rings. The Morgan fingerprint density at radius 3 is 2.45 bits per heavy atom. The Morgan fingerprint density at radius 2 is 1.79 bits per heavy atom. The van der Waals surface area contributed by atoms with Crippen molar-refractivity contribution in [2.75, 3.05) is 29.9 Å². The third-order valence-corrected chi connectivity index (χ3v) is 8.53. The zero-order chi connectivity index (χ0) is 20.2. The lowest BCUT2D eigenvalue weighted by molar-refractivity contribution is -0.117. The predicted octanol–water partition coefficient (Wildman–Crippen LogP) is 3.21. The second kappa shape index (κ2) is 7.22. The number of nitrogens with zero attached hydrogens (tertiary/aromatic N) is 2. The number of piperidine rings is 1. The van der Waals surface area contributed by atoms with Crippen LogP contribution in [0.3, 0.4) is 0 Å². The molecule has 6 nitrogen and oxygen atoms in total. The van der Waals surface area contributed by atoms with E-state index in [0.717, 1.165) is 60.1 Å². The summed E-state index contributed by atoms with van der Waals surface area (Å²) < 4.78 is 22.9. The molecule has 0 radical (unpaired) electrons. The number of carbonyl (C=O) groups excluding carboxylic acids is 1. The zero-order valence-corrected chi connectivity index (χ0v) is 17.7. The molecule has 154 valence electrons. The molecular formula is C21H24ClN3O3S. The number of amides is 1. The lowest BCUT2D eigenvalue weighted by Gasteiger charge is -2.41. The second-order valence-corrected chi connectivity index (χ2v) is 11.2. The Kier molecular flexibility index (Phi) is 4.80. The summed E-state index contributed by atoms with van der Waals surface area (Å²) in [4.78, 5) is 18.7. The van der Waals surface area contributed by atoms with Crippen LogP contribution < -0.4 is 5.32 Å². The van der Waals surface area contributed by atoms with Gasteiger partial charge in [0.2, 0.25) is 5.91 Å². The van der Waals surface area contributed by atoms with E-state index in [2.05, 4.69) is 21.3 Å². The number of likely N-dealkylation sites (tertiary alicyclic amines) is 1. The molecule has 0 bridgehead atoms. The van der Waals surface area contributed by atoms with Gasteiger partial charge in [-0.25, -0.2) is 13.4 Å². The molecule has 1 N–H and O–H groups in total. The van der Waals surface area contributed by atoms with Gasteiger partial charge in [-0.3, -0.25) is 9.69 Å². The van der Waals surface area contributed by atoms with Crippen molar-refractivity contribution >= 4 is 43.9 Å². The molecule has 1 aliphatic carbocycles. The predicted molar refractivity (Wildman–Crippen MR) is 114 cm³/mol. The Hall–Kier alpha value is -1.70. The average Bonchev–Trinajstić information content (AvgIpc) is 3.51. The maximum absolute atomic E-state index is 12.0. The minimum absolute atomic E-state index is 0.0522. The Bertz CT molecular complexity index is 1060. The van der Waals surface area contributed by atoms with Crippen molar-refractivity contribution in [3.05, 3.63) is 35.0 Å². The van der Waals surface area contributed by atoms with Crippen LogP contribution in [0.25, 0.3) is 10.8 Å². The van der Waals surface area contributed by atoms with E-state index in [1.165, 1.54) is 0 Å². The van der Waals surface area contributed by atoms with Crippen LogP contribution in [-0.4, -0.2) is 54.8 Å². The summed E-state index contributed by atoms with van der Waals surface area (Å²) in [5.41, 5.74) is 1.13. The quantitative estimate of drug-likeness (QED) is 0.800. The number of fused-ring (bicyclic) bond motifs is 1. The number of carbonyl (C=O) groups is 1. The van der Waals surface area contributed by atoms with Gasteiger partial charge >= 0.3 is 0 Å². The van der Waals surface area contributed by atoms with Crippen LogP contribution >= 0.6 is 11.6 Å². The van der Waals surface area contributed by atoms with Crippen molar-refractivity contribution in [2.24, 2.45) is 5.92 Å². The van der Waals surface area contributed by atoms with E-state index in [1.54, 1.807) is 6.20 Å². The lowest BCUT2D eigenvalue weighted by Crippen LogP contribution is -2.55. The topological polar surface area (TPSA) is 79.4 Å². The van der Waals surface area contributed by atoms with Crippen LogP contribution in [0.2, 0.25) is 5.02 Å². The molecule has 1 amide bonds. The average molecular weight is 434 g/mol. The zero-order valence-electron chi connectivity index (χ0n) is 16.1. The summed E-state index contributed by atoms with van der Waals surface area (Å²) in [6.07, 6.45) is 5.62. The molecule has 29 heavy (non-hydrogen) atoms. The van der Waals surface area contributed by atoms with Gasteiger partial charge in [-0.15, -0.1) is 0 Å². The monoisotopic (exact) mass is 433 g/mol. The van der Waals surface area contributed by atoms with Crippen LogP contribution in [0.15, 0.2) is 24.4 Å². The maximum Gasteiger partial charge on any atom is 0.228 e. The van der Waals surface area contributed by atoms with Crippen LogP contribution in [0.4, 0.5) is 5.82 Å². The number of nitrogens with one attached hydrogen (secondary N) is 1. The highest BCUT2D eigenvalue weighted by Crippen LogP contribution is 2.37. The third kappa shape index (κ3) is 4.00. The maximum atomic E-state index is 12.0. The fourth-order valence-electron chi connectivity index (χ4n) is 4.46. The van der Waals surface area contributed by atoms with Gasteiger partial charge in [0.25, 0.3) is 0 Å². The molecule has 3 aliphatic rings. The minimum Gasteiger partial charge on any atom is -0.310 e. The number of hydrogen-bond donors (Lipinski definition) is 1. The Balaban J connectivity index is 1.31. The number of hydrogen-bond acceptors (Lipinski definition) is 5. The molecule has 0 spiro atoms. The molecular weight excluding hydrogens is 410 g/mol. The number of anilines is 1. The summed E-state index contributed by atoms with van der Waals surface area (Å²) in [6.45, 7) is 1.80. The van der Waals surface area contributed by atoms with Crippen molar-refractivity contribution < 1.29 is 13.2 Å². The minimum atomic E-state index is -2.79. The number of halogens is 1. The van der Waals surface area contributed by atoms with Crippen molar-refractivity contribution in [1.29, 1.82) is 0 Å².